The third-order valence-electron chi connectivity index (χ3n) is 7.92. The highest BCUT2D eigenvalue weighted by atomic mass is 16.6. The van der Waals surface area contributed by atoms with E-state index in [1.54, 1.807) is 25.2 Å². The number of hydrogen-bond donors (Lipinski definition) is 1. The molecule has 260 valence electrons. The summed E-state index contributed by atoms with van der Waals surface area (Å²) in [5.74, 6) is 1.50. The first-order chi connectivity index (χ1) is 23.2. The Morgan fingerprint density at radius 1 is 0.917 bits per heavy atom. The molecular weight excluding hydrogens is 612 g/mol. The van der Waals surface area contributed by atoms with Gasteiger partial charge in [-0.3, -0.25) is 4.79 Å². The number of likely N-dealkylation sites (tertiary alicyclic amines) is 1. The molecule has 0 bridgehead atoms. The summed E-state index contributed by atoms with van der Waals surface area (Å²) >= 11 is 0. The van der Waals surface area contributed by atoms with Crippen LogP contribution in [-0.2, 0) is 32.2 Å². The highest BCUT2D eigenvalue weighted by molar-refractivity contribution is 5.94. The van der Waals surface area contributed by atoms with E-state index in [0.29, 0.717) is 58.2 Å². The quantitative estimate of drug-likeness (QED) is 0.177. The Hall–Kier alpha value is -4.12. The van der Waals surface area contributed by atoms with E-state index in [1.807, 2.05) is 75.4 Å². The molecule has 1 heterocycles. The Morgan fingerprint density at radius 3 is 2.46 bits per heavy atom. The normalized spacial score (nSPS) is 16.3. The van der Waals surface area contributed by atoms with Gasteiger partial charge in [0.1, 0.15) is 17.1 Å². The van der Waals surface area contributed by atoms with E-state index in [1.165, 1.54) is 0 Å². The third kappa shape index (κ3) is 11.5. The summed E-state index contributed by atoms with van der Waals surface area (Å²) in [6, 6.07) is 23.3. The van der Waals surface area contributed by atoms with Crippen LogP contribution < -0.4 is 14.8 Å². The Bertz CT molecular complexity index is 1440. The summed E-state index contributed by atoms with van der Waals surface area (Å²) in [6.07, 6.45) is 0.846. The number of rotatable bonds is 16. The van der Waals surface area contributed by atoms with Crippen molar-refractivity contribution in [3.05, 3.63) is 95.1 Å². The summed E-state index contributed by atoms with van der Waals surface area (Å²) in [6.45, 7) is 9.32. The average molecular weight is 663 g/mol. The van der Waals surface area contributed by atoms with Crippen molar-refractivity contribution in [3.8, 4) is 11.5 Å². The molecule has 0 saturated carbocycles. The second kappa shape index (κ2) is 18.4. The van der Waals surface area contributed by atoms with Crippen LogP contribution in [0.2, 0.25) is 0 Å². The molecule has 3 aromatic rings. The highest BCUT2D eigenvalue weighted by Crippen LogP contribution is 2.33. The number of hydrogen-bond acceptors (Lipinski definition) is 8. The van der Waals surface area contributed by atoms with E-state index in [2.05, 4.69) is 17.4 Å². The van der Waals surface area contributed by atoms with Gasteiger partial charge in [-0.25, -0.2) is 4.79 Å². The summed E-state index contributed by atoms with van der Waals surface area (Å²) in [7, 11) is 3.26. The number of benzene rings is 3. The minimum Gasteiger partial charge on any atom is -0.496 e. The van der Waals surface area contributed by atoms with Crippen molar-refractivity contribution in [1.29, 1.82) is 0 Å². The maximum absolute atomic E-state index is 13.0. The number of ether oxygens (including phenoxy) is 6. The average Bonchev–Trinajstić information content (AvgIpc) is 3.08. The fourth-order valence-corrected chi connectivity index (χ4v) is 5.50. The van der Waals surface area contributed by atoms with Crippen LogP contribution in [0.15, 0.2) is 72.8 Å². The molecular formula is C38H50N2O8. The zero-order valence-corrected chi connectivity index (χ0v) is 28.9. The molecule has 3 aromatic carbocycles. The molecule has 1 aliphatic rings. The maximum atomic E-state index is 13.0. The molecule has 4 rings (SSSR count). The van der Waals surface area contributed by atoms with Gasteiger partial charge in [0.05, 0.1) is 52.8 Å². The molecule has 1 aliphatic heterocycles. The van der Waals surface area contributed by atoms with Crippen molar-refractivity contribution in [2.75, 3.05) is 53.7 Å². The van der Waals surface area contributed by atoms with E-state index in [4.69, 9.17) is 28.4 Å². The van der Waals surface area contributed by atoms with Gasteiger partial charge in [0.15, 0.2) is 0 Å². The van der Waals surface area contributed by atoms with Gasteiger partial charge in [-0.2, -0.15) is 0 Å². The van der Waals surface area contributed by atoms with Crippen molar-refractivity contribution in [3.63, 3.8) is 0 Å². The fourth-order valence-electron chi connectivity index (χ4n) is 5.50. The van der Waals surface area contributed by atoms with Crippen LogP contribution in [0, 0.1) is 0 Å². The molecule has 0 aliphatic carbocycles. The predicted octanol–water partition coefficient (Wildman–Crippen LogP) is 6.37. The van der Waals surface area contributed by atoms with E-state index in [-0.39, 0.29) is 24.0 Å². The number of carbonyl (C=O) groups is 2. The monoisotopic (exact) mass is 662 g/mol. The summed E-state index contributed by atoms with van der Waals surface area (Å²) < 4.78 is 34.4. The lowest BCUT2D eigenvalue weighted by Gasteiger charge is -2.39. The van der Waals surface area contributed by atoms with Crippen molar-refractivity contribution in [1.82, 2.24) is 10.2 Å². The van der Waals surface area contributed by atoms with Crippen LogP contribution in [0.1, 0.15) is 66.6 Å². The Labute approximate surface area is 284 Å². The number of para-hydroxylation sites is 1. The lowest BCUT2D eigenvalue weighted by atomic mass is 9.87. The zero-order valence-electron chi connectivity index (χ0n) is 28.9. The molecule has 0 radical (unpaired) electrons. The molecule has 10 nitrogen and oxygen atoms in total. The molecule has 2 amide bonds. The van der Waals surface area contributed by atoms with Gasteiger partial charge in [-0.1, -0.05) is 42.5 Å². The van der Waals surface area contributed by atoms with Crippen molar-refractivity contribution in [2.45, 2.75) is 64.4 Å². The number of amides is 2. The minimum absolute atomic E-state index is 0.0571. The van der Waals surface area contributed by atoms with Crippen LogP contribution in [0.4, 0.5) is 4.79 Å². The molecule has 48 heavy (non-hydrogen) atoms. The van der Waals surface area contributed by atoms with Crippen molar-refractivity contribution >= 4 is 12.0 Å². The van der Waals surface area contributed by atoms with Gasteiger partial charge in [-0.05, 0) is 68.7 Å². The number of carbonyl (C=O) groups excluding carboxylic acids is 2. The molecule has 0 aromatic heterocycles. The topological polar surface area (TPSA) is 105 Å². The van der Waals surface area contributed by atoms with E-state index < -0.39 is 5.60 Å². The van der Waals surface area contributed by atoms with Gasteiger partial charge >= 0.3 is 6.09 Å². The van der Waals surface area contributed by atoms with Gasteiger partial charge < -0.3 is 38.6 Å². The van der Waals surface area contributed by atoms with Crippen molar-refractivity contribution in [2.24, 2.45) is 0 Å². The first-order valence-corrected chi connectivity index (χ1v) is 16.5. The Balaban J connectivity index is 1.34. The van der Waals surface area contributed by atoms with Crippen molar-refractivity contribution < 1.29 is 38.0 Å². The van der Waals surface area contributed by atoms with Gasteiger partial charge in [-0.15, -0.1) is 0 Å². The number of methoxy groups -OCH3 is 2. The molecule has 2 atom stereocenters. The van der Waals surface area contributed by atoms with Gasteiger partial charge in [0, 0.05) is 43.7 Å². The second-order valence-electron chi connectivity index (χ2n) is 12.8. The summed E-state index contributed by atoms with van der Waals surface area (Å²) in [5, 5.41) is 2.85. The second-order valence-corrected chi connectivity index (χ2v) is 12.8. The minimum atomic E-state index is -0.591. The standard InChI is InChI=1S/C38H50N2O8/c1-38(2,3)48-37(42)40-20-18-33(35(25-40)47-26-28-10-8-12-30(24-28)36(41)39-19-23-43-4)29-14-16-32(17-15-29)46-22-9-21-45-27-31-11-6-7-13-34(31)44-5/h6-8,10-17,24,33,35H,9,18-23,25-27H2,1-5H3,(H,39,41). The predicted molar refractivity (Wildman–Crippen MR) is 184 cm³/mol. The van der Waals surface area contributed by atoms with Crippen LogP contribution >= 0.6 is 0 Å². The van der Waals surface area contributed by atoms with Crippen LogP contribution in [0.3, 0.4) is 0 Å². The summed E-state index contributed by atoms with van der Waals surface area (Å²) in [4.78, 5) is 27.3. The first-order valence-electron chi connectivity index (χ1n) is 16.5. The third-order valence-corrected chi connectivity index (χ3v) is 7.92. The van der Waals surface area contributed by atoms with Gasteiger partial charge in [0.25, 0.3) is 5.91 Å². The lowest BCUT2D eigenvalue weighted by molar-refractivity contribution is -0.0359. The fraction of sp³-hybridized carbons (Fsp3) is 0.474. The molecule has 1 N–H and O–H groups in total. The van der Waals surface area contributed by atoms with E-state index >= 15 is 0 Å². The van der Waals surface area contributed by atoms with Gasteiger partial charge in [0.2, 0.25) is 0 Å². The molecule has 2 unspecified atom stereocenters. The molecule has 10 heteroatoms. The number of piperidine rings is 1. The number of nitrogens with one attached hydrogen (secondary N) is 1. The largest absolute Gasteiger partial charge is 0.496 e. The molecule has 0 spiro atoms. The van der Waals surface area contributed by atoms with Crippen LogP contribution in [0.5, 0.6) is 11.5 Å². The molecule has 1 saturated heterocycles. The number of nitrogens with zero attached hydrogens (tertiary/aromatic N) is 1. The zero-order chi connectivity index (χ0) is 34.4. The Kier molecular flexibility index (Phi) is 14.1. The first kappa shape index (κ1) is 36.7. The smallest absolute Gasteiger partial charge is 0.410 e. The maximum Gasteiger partial charge on any atom is 0.410 e. The SMILES string of the molecule is COCCNC(=O)c1cccc(COC2CN(C(=O)OC(C)(C)C)CCC2c2ccc(OCCCOCc3ccccc3OC)cc2)c1. The van der Waals surface area contributed by atoms with Crippen LogP contribution in [0.25, 0.3) is 0 Å². The Morgan fingerprint density at radius 2 is 1.71 bits per heavy atom. The van der Waals surface area contributed by atoms with E-state index in [9.17, 15) is 9.59 Å². The lowest BCUT2D eigenvalue weighted by Crippen LogP contribution is -2.48. The molecule has 1 fully saturated rings. The summed E-state index contributed by atoms with van der Waals surface area (Å²) in [5.41, 5.74) is 2.97. The van der Waals surface area contributed by atoms with Crippen LogP contribution in [-0.4, -0.2) is 82.3 Å². The van der Waals surface area contributed by atoms with E-state index in [0.717, 1.165) is 41.0 Å². The highest BCUT2D eigenvalue weighted by Gasteiger charge is 2.35.